The van der Waals surface area contributed by atoms with Gasteiger partial charge in [-0.05, 0) is 55.0 Å². The number of hydrazine groups is 1. The Morgan fingerprint density at radius 2 is 2.00 bits per heavy atom. The van der Waals surface area contributed by atoms with E-state index in [9.17, 15) is 18.0 Å². The Kier molecular flexibility index (Phi) is 6.51. The van der Waals surface area contributed by atoms with Gasteiger partial charge in [-0.15, -0.1) is 17.9 Å². The third-order valence-electron chi connectivity index (χ3n) is 4.67. The number of rotatable bonds is 6. The Hall–Kier alpha value is -2.49. The summed E-state index contributed by atoms with van der Waals surface area (Å²) in [7, 11) is -3.75. The van der Waals surface area contributed by atoms with Gasteiger partial charge in [0.25, 0.3) is 11.8 Å². The van der Waals surface area contributed by atoms with Crippen molar-refractivity contribution in [1.82, 2.24) is 15.6 Å². The maximum Gasteiger partial charge on any atom is 0.279 e. The van der Waals surface area contributed by atoms with E-state index in [1.165, 1.54) is 52.1 Å². The predicted molar refractivity (Wildman–Crippen MR) is 112 cm³/mol. The molecule has 29 heavy (non-hydrogen) atoms. The van der Waals surface area contributed by atoms with Gasteiger partial charge < -0.3 is 0 Å². The molecule has 1 aromatic carbocycles. The average Bonchev–Trinajstić information content (AvgIpc) is 3.13. The summed E-state index contributed by atoms with van der Waals surface area (Å²) in [4.78, 5) is 26.5. The highest BCUT2D eigenvalue weighted by molar-refractivity contribution is 7.89. The van der Waals surface area contributed by atoms with E-state index in [4.69, 9.17) is 0 Å². The third kappa shape index (κ3) is 5.11. The number of amides is 2. The number of hydrogen-bond donors (Lipinski definition) is 3. The molecule has 3 N–H and O–H groups in total. The van der Waals surface area contributed by atoms with Crippen LogP contribution in [0.3, 0.4) is 0 Å². The zero-order valence-corrected chi connectivity index (χ0v) is 17.7. The van der Waals surface area contributed by atoms with Gasteiger partial charge in [0.15, 0.2) is 0 Å². The lowest BCUT2D eigenvalue weighted by Crippen LogP contribution is -2.41. The second kappa shape index (κ2) is 8.89. The third-order valence-corrected chi connectivity index (χ3v) is 7.32. The minimum absolute atomic E-state index is 0.0432. The number of carbonyl (C=O) groups excluding carboxylic acids is 2. The van der Waals surface area contributed by atoms with E-state index in [1.54, 1.807) is 0 Å². The number of sulfonamides is 1. The highest BCUT2D eigenvalue weighted by Crippen LogP contribution is 2.32. The van der Waals surface area contributed by atoms with Crippen molar-refractivity contribution in [3.8, 4) is 0 Å². The van der Waals surface area contributed by atoms with Gasteiger partial charge in [0, 0.05) is 17.0 Å². The molecule has 1 aliphatic carbocycles. The van der Waals surface area contributed by atoms with E-state index in [0.29, 0.717) is 10.8 Å². The van der Waals surface area contributed by atoms with E-state index in [0.717, 1.165) is 19.3 Å². The van der Waals surface area contributed by atoms with Crippen LogP contribution in [0.2, 0.25) is 0 Å². The number of thiophene rings is 1. The zero-order chi connectivity index (χ0) is 21.0. The van der Waals surface area contributed by atoms with Crippen molar-refractivity contribution in [3.05, 3.63) is 63.9 Å². The topological polar surface area (TPSA) is 104 Å². The molecule has 154 valence electrons. The zero-order valence-electron chi connectivity index (χ0n) is 16.0. The molecule has 2 amide bonds. The average molecular weight is 434 g/mol. The smallest absolute Gasteiger partial charge is 0.267 e. The summed E-state index contributed by atoms with van der Waals surface area (Å²) in [5.41, 5.74) is 6.07. The molecule has 3 rings (SSSR count). The fourth-order valence-corrected chi connectivity index (χ4v) is 5.27. The normalized spacial score (nSPS) is 16.0. The summed E-state index contributed by atoms with van der Waals surface area (Å²) in [6.45, 7) is 5.74. The molecule has 1 heterocycles. The first-order chi connectivity index (χ1) is 13.8. The second-order valence-corrected chi connectivity index (χ2v) is 9.89. The van der Waals surface area contributed by atoms with Gasteiger partial charge in [-0.2, -0.15) is 0 Å². The van der Waals surface area contributed by atoms with E-state index in [-0.39, 0.29) is 22.9 Å². The molecule has 0 radical (unpaired) electrons. The molecule has 0 saturated heterocycles. The summed E-state index contributed by atoms with van der Waals surface area (Å²) in [5, 5.41) is 0. The number of nitrogens with one attached hydrogen (secondary N) is 3. The molecular weight excluding hydrogens is 410 g/mol. The lowest BCUT2D eigenvalue weighted by Gasteiger charge is -2.16. The first-order valence-corrected chi connectivity index (χ1v) is 11.5. The monoisotopic (exact) mass is 433 g/mol. The second-order valence-electron chi connectivity index (χ2n) is 6.98. The lowest BCUT2D eigenvalue weighted by molar-refractivity contribution is 0.0848. The quantitative estimate of drug-likeness (QED) is 0.481. The maximum absolute atomic E-state index is 12.4. The maximum atomic E-state index is 12.4. The van der Waals surface area contributed by atoms with Crippen molar-refractivity contribution >= 4 is 33.2 Å². The summed E-state index contributed by atoms with van der Waals surface area (Å²) < 4.78 is 26.7. The van der Waals surface area contributed by atoms with Crippen LogP contribution in [0.4, 0.5) is 0 Å². The highest BCUT2D eigenvalue weighted by atomic mass is 32.2. The molecule has 0 fully saturated rings. The van der Waals surface area contributed by atoms with Crippen LogP contribution < -0.4 is 15.6 Å². The molecule has 1 atom stereocenters. The molecule has 0 saturated carbocycles. The lowest BCUT2D eigenvalue weighted by atomic mass is 9.90. The minimum Gasteiger partial charge on any atom is -0.267 e. The standard InChI is InChI=1S/C20H23N3O4S2/c1-3-9-21-29(26,27)16-6-4-5-14(11-16)19(24)22-23-20(25)18-12-15-10-13(2)7-8-17(15)28-18/h3-6,11-13,21H,1,7-10H2,2H3,(H,22,24)(H,23,25). The summed E-state index contributed by atoms with van der Waals surface area (Å²) in [6.07, 6.45) is 4.48. The van der Waals surface area contributed by atoms with E-state index >= 15 is 0 Å². The van der Waals surface area contributed by atoms with Crippen LogP contribution in [0, 0.1) is 5.92 Å². The van der Waals surface area contributed by atoms with E-state index in [2.05, 4.69) is 29.1 Å². The van der Waals surface area contributed by atoms with Gasteiger partial charge in [0.1, 0.15) is 0 Å². The number of aryl methyl sites for hydroxylation is 1. The number of hydrogen-bond acceptors (Lipinski definition) is 5. The van der Waals surface area contributed by atoms with Crippen molar-refractivity contribution in [1.29, 1.82) is 0 Å². The van der Waals surface area contributed by atoms with Crippen LogP contribution in [0.15, 0.2) is 47.9 Å². The van der Waals surface area contributed by atoms with Crippen LogP contribution in [0.25, 0.3) is 0 Å². The Morgan fingerprint density at radius 3 is 2.76 bits per heavy atom. The minimum atomic E-state index is -3.75. The SMILES string of the molecule is C=CCNS(=O)(=O)c1cccc(C(=O)NNC(=O)c2cc3c(s2)CCC(C)C3)c1. The van der Waals surface area contributed by atoms with Crippen LogP contribution in [-0.4, -0.2) is 26.8 Å². The molecule has 2 aromatic rings. The first-order valence-electron chi connectivity index (χ1n) is 9.23. The Balaban J connectivity index is 1.64. The van der Waals surface area contributed by atoms with Crippen molar-refractivity contribution < 1.29 is 18.0 Å². The van der Waals surface area contributed by atoms with E-state index < -0.39 is 15.9 Å². The Bertz CT molecular complexity index is 1040. The van der Waals surface area contributed by atoms with Crippen molar-refractivity contribution in [2.24, 2.45) is 5.92 Å². The van der Waals surface area contributed by atoms with Crippen LogP contribution in [0.5, 0.6) is 0 Å². The first kappa shape index (κ1) is 21.2. The number of benzene rings is 1. The van der Waals surface area contributed by atoms with Gasteiger partial charge in [-0.25, -0.2) is 13.1 Å². The number of carbonyl (C=O) groups is 2. The fraction of sp³-hybridized carbons (Fsp3) is 0.300. The summed E-state index contributed by atoms with van der Waals surface area (Å²) >= 11 is 1.45. The number of fused-ring (bicyclic) bond motifs is 1. The molecule has 7 nitrogen and oxygen atoms in total. The highest BCUT2D eigenvalue weighted by Gasteiger charge is 2.21. The van der Waals surface area contributed by atoms with Crippen molar-refractivity contribution in [2.45, 2.75) is 31.1 Å². The Labute approximate surface area is 174 Å². The fourth-order valence-electron chi connectivity index (χ4n) is 3.12. The van der Waals surface area contributed by atoms with Crippen LogP contribution in [0.1, 0.15) is 43.8 Å². The molecule has 1 aliphatic rings. The molecule has 0 aliphatic heterocycles. The molecular formula is C20H23N3O4S2. The van der Waals surface area contributed by atoms with E-state index in [1.807, 2.05) is 6.07 Å². The van der Waals surface area contributed by atoms with Gasteiger partial charge >= 0.3 is 0 Å². The summed E-state index contributed by atoms with van der Waals surface area (Å²) in [5.74, 6) is -0.381. The summed E-state index contributed by atoms with van der Waals surface area (Å²) in [6, 6.07) is 7.46. The molecule has 0 spiro atoms. The van der Waals surface area contributed by atoms with Gasteiger partial charge in [0.2, 0.25) is 10.0 Å². The van der Waals surface area contributed by atoms with Gasteiger partial charge in [-0.3, -0.25) is 20.4 Å². The molecule has 1 unspecified atom stereocenters. The van der Waals surface area contributed by atoms with Gasteiger partial charge in [0.05, 0.1) is 9.77 Å². The van der Waals surface area contributed by atoms with Crippen LogP contribution in [-0.2, 0) is 22.9 Å². The van der Waals surface area contributed by atoms with Crippen molar-refractivity contribution in [3.63, 3.8) is 0 Å². The van der Waals surface area contributed by atoms with Crippen LogP contribution >= 0.6 is 11.3 Å². The Morgan fingerprint density at radius 1 is 1.24 bits per heavy atom. The molecule has 1 aromatic heterocycles. The molecule has 0 bridgehead atoms. The van der Waals surface area contributed by atoms with Gasteiger partial charge in [-0.1, -0.05) is 19.1 Å². The molecule has 9 heteroatoms. The largest absolute Gasteiger partial charge is 0.279 e. The van der Waals surface area contributed by atoms with Crippen molar-refractivity contribution in [2.75, 3.05) is 6.54 Å². The predicted octanol–water partition coefficient (Wildman–Crippen LogP) is 2.41.